The highest BCUT2D eigenvalue weighted by Gasteiger charge is 2.52. The summed E-state index contributed by atoms with van der Waals surface area (Å²) < 4.78 is 0. The molecule has 0 saturated carbocycles. The molecule has 1 unspecified atom stereocenters. The number of fused-ring (bicyclic) bond motifs is 13. The van der Waals surface area contributed by atoms with Crippen LogP contribution in [0.4, 0.5) is 0 Å². The maximum absolute atomic E-state index is 2.64. The first-order chi connectivity index (χ1) is 29.8. The SMILES string of the molecule is CC(C)(C)c1ccc2c(c1)C1(c3ccccc3-c3ccc(C(Cc4ccc5c(c4)C(C)(C)c4ccccc4-5)c4ccccc4-c4ccccc4)cc31)c1cc(C(C)(C)C)ccc1-2. The molecule has 62 heavy (non-hydrogen) atoms. The summed E-state index contributed by atoms with van der Waals surface area (Å²) in [5, 5.41) is 0. The van der Waals surface area contributed by atoms with Crippen LogP contribution in [0.15, 0.2) is 176 Å². The van der Waals surface area contributed by atoms with Crippen molar-refractivity contribution in [2.45, 2.75) is 89.4 Å². The molecule has 0 saturated heterocycles. The molecule has 304 valence electrons. The molecule has 0 aromatic heterocycles. The first-order valence-corrected chi connectivity index (χ1v) is 22.7. The lowest BCUT2D eigenvalue weighted by Gasteiger charge is -2.33. The molecule has 0 bridgehead atoms. The van der Waals surface area contributed by atoms with Crippen LogP contribution in [0.1, 0.15) is 123 Å². The molecule has 0 heterocycles. The average Bonchev–Trinajstić information content (AvgIpc) is 3.83. The maximum atomic E-state index is 2.64. The molecule has 3 aliphatic rings. The van der Waals surface area contributed by atoms with Crippen molar-refractivity contribution >= 4 is 0 Å². The summed E-state index contributed by atoms with van der Waals surface area (Å²) in [6, 6.07) is 68.1. The van der Waals surface area contributed by atoms with Gasteiger partial charge in [-0.1, -0.05) is 231 Å². The van der Waals surface area contributed by atoms with Gasteiger partial charge in [-0.2, -0.15) is 0 Å². The molecule has 0 aliphatic heterocycles. The van der Waals surface area contributed by atoms with Gasteiger partial charge in [-0.05, 0) is 123 Å². The third-order valence-corrected chi connectivity index (χ3v) is 14.8. The van der Waals surface area contributed by atoms with Crippen LogP contribution in [0.25, 0.3) is 44.5 Å². The fraction of sp³-hybridized carbons (Fsp3) is 0.226. The highest BCUT2D eigenvalue weighted by molar-refractivity contribution is 5.95. The summed E-state index contributed by atoms with van der Waals surface area (Å²) >= 11 is 0. The smallest absolute Gasteiger partial charge is 0.0622 e. The summed E-state index contributed by atoms with van der Waals surface area (Å²) in [5.41, 5.74) is 25.5. The molecule has 0 fully saturated rings. The Balaban J connectivity index is 1.17. The Morgan fingerprint density at radius 3 is 1.48 bits per heavy atom. The van der Waals surface area contributed by atoms with Crippen LogP contribution >= 0.6 is 0 Å². The van der Waals surface area contributed by atoms with Crippen molar-refractivity contribution in [3.05, 3.63) is 237 Å². The van der Waals surface area contributed by atoms with Crippen LogP contribution in [0.3, 0.4) is 0 Å². The van der Waals surface area contributed by atoms with Gasteiger partial charge >= 0.3 is 0 Å². The minimum atomic E-state index is -0.456. The second kappa shape index (κ2) is 13.6. The minimum Gasteiger partial charge on any atom is -0.0622 e. The van der Waals surface area contributed by atoms with E-state index in [1.807, 2.05) is 0 Å². The summed E-state index contributed by atoms with van der Waals surface area (Å²) in [6.07, 6.45) is 0.887. The predicted octanol–water partition coefficient (Wildman–Crippen LogP) is 16.0. The normalized spacial score (nSPS) is 15.4. The molecule has 1 atom stereocenters. The second-order valence-corrected chi connectivity index (χ2v) is 20.9. The molecule has 11 rings (SSSR count). The molecule has 1 spiro atoms. The van der Waals surface area contributed by atoms with Crippen LogP contribution in [0.5, 0.6) is 0 Å². The number of rotatable bonds is 5. The monoisotopic (exact) mass is 800 g/mol. The molecule has 8 aromatic carbocycles. The highest BCUT2D eigenvalue weighted by Crippen LogP contribution is 2.64. The van der Waals surface area contributed by atoms with E-state index < -0.39 is 5.41 Å². The lowest BCUT2D eigenvalue weighted by molar-refractivity contribution is 0.586. The zero-order valence-corrected chi connectivity index (χ0v) is 37.5. The van der Waals surface area contributed by atoms with E-state index in [2.05, 4.69) is 231 Å². The van der Waals surface area contributed by atoms with Crippen molar-refractivity contribution in [3.8, 4) is 44.5 Å². The van der Waals surface area contributed by atoms with Gasteiger partial charge in [0.05, 0.1) is 5.41 Å². The predicted molar refractivity (Wildman–Crippen MR) is 262 cm³/mol. The zero-order chi connectivity index (χ0) is 42.8. The van der Waals surface area contributed by atoms with Crippen molar-refractivity contribution < 1.29 is 0 Å². The number of hydrogen-bond acceptors (Lipinski definition) is 0. The topological polar surface area (TPSA) is 0 Å². The molecule has 0 N–H and O–H groups in total. The Hall–Kier alpha value is -6.24. The Morgan fingerprint density at radius 2 is 0.855 bits per heavy atom. The van der Waals surface area contributed by atoms with Gasteiger partial charge in [-0.15, -0.1) is 0 Å². The first kappa shape index (κ1) is 38.7. The number of benzene rings is 8. The standard InChI is InChI=1S/C62H56/c1-59(2,3)42-28-32-50-51-33-29-43(60(4,5)6)38-58(51)62(57(50)37-42)54-25-17-15-23-47(54)49-31-27-41(36-56(49)62)52(45-21-13-12-20-44(45)40-18-10-9-11-19-40)34-39-26-30-48-46-22-14-16-24-53(46)61(7,8)55(48)35-39/h9-33,35-38,52H,34H2,1-8H3. The van der Waals surface area contributed by atoms with E-state index in [9.17, 15) is 0 Å². The van der Waals surface area contributed by atoms with Crippen LogP contribution < -0.4 is 0 Å². The highest BCUT2D eigenvalue weighted by atomic mass is 14.5. The summed E-state index contributed by atoms with van der Waals surface area (Å²) in [5.74, 6) is 0.101. The molecule has 0 radical (unpaired) electrons. The Kier molecular flexibility index (Phi) is 8.50. The van der Waals surface area contributed by atoms with E-state index in [0.717, 1.165) is 6.42 Å². The fourth-order valence-electron chi connectivity index (χ4n) is 11.6. The third-order valence-electron chi connectivity index (χ3n) is 14.8. The van der Waals surface area contributed by atoms with E-state index in [4.69, 9.17) is 0 Å². The molecule has 0 amide bonds. The van der Waals surface area contributed by atoms with Crippen molar-refractivity contribution in [3.63, 3.8) is 0 Å². The Labute approximate surface area is 369 Å². The van der Waals surface area contributed by atoms with Crippen molar-refractivity contribution in [1.82, 2.24) is 0 Å². The van der Waals surface area contributed by atoms with Gasteiger partial charge in [-0.25, -0.2) is 0 Å². The van der Waals surface area contributed by atoms with E-state index in [1.165, 1.54) is 106 Å². The summed E-state index contributed by atoms with van der Waals surface area (Å²) in [6.45, 7) is 18.9. The van der Waals surface area contributed by atoms with Crippen LogP contribution in [-0.2, 0) is 28.1 Å². The van der Waals surface area contributed by atoms with E-state index in [1.54, 1.807) is 0 Å². The van der Waals surface area contributed by atoms with E-state index >= 15 is 0 Å². The summed E-state index contributed by atoms with van der Waals surface area (Å²) in [4.78, 5) is 0. The lowest BCUT2D eigenvalue weighted by atomic mass is 9.68. The average molecular weight is 801 g/mol. The third kappa shape index (κ3) is 5.65. The van der Waals surface area contributed by atoms with Crippen LogP contribution in [0.2, 0.25) is 0 Å². The van der Waals surface area contributed by atoms with Gasteiger partial charge in [0.1, 0.15) is 0 Å². The minimum absolute atomic E-state index is 0.00238. The van der Waals surface area contributed by atoms with E-state index in [-0.39, 0.29) is 22.2 Å². The van der Waals surface area contributed by atoms with Crippen molar-refractivity contribution in [2.75, 3.05) is 0 Å². The molecule has 0 heteroatoms. The second-order valence-electron chi connectivity index (χ2n) is 20.9. The maximum Gasteiger partial charge on any atom is 0.0725 e. The molecular formula is C62H56. The van der Waals surface area contributed by atoms with Gasteiger partial charge in [0.2, 0.25) is 0 Å². The zero-order valence-electron chi connectivity index (χ0n) is 37.5. The molecule has 8 aromatic rings. The molecule has 0 nitrogen and oxygen atoms in total. The largest absolute Gasteiger partial charge is 0.0725 e. The van der Waals surface area contributed by atoms with Gasteiger partial charge in [0, 0.05) is 11.3 Å². The first-order valence-electron chi connectivity index (χ1n) is 22.7. The van der Waals surface area contributed by atoms with E-state index in [0.29, 0.717) is 0 Å². The Bertz CT molecular complexity index is 3020. The fourth-order valence-corrected chi connectivity index (χ4v) is 11.6. The van der Waals surface area contributed by atoms with Crippen LogP contribution in [-0.4, -0.2) is 0 Å². The molecule has 3 aliphatic carbocycles. The van der Waals surface area contributed by atoms with Gasteiger partial charge in [0.25, 0.3) is 0 Å². The van der Waals surface area contributed by atoms with Gasteiger partial charge in [0.15, 0.2) is 0 Å². The van der Waals surface area contributed by atoms with Gasteiger partial charge in [-0.3, -0.25) is 0 Å². The van der Waals surface area contributed by atoms with Crippen LogP contribution in [0, 0.1) is 0 Å². The molecular weight excluding hydrogens is 745 g/mol. The lowest BCUT2D eigenvalue weighted by Crippen LogP contribution is -2.27. The van der Waals surface area contributed by atoms with Crippen molar-refractivity contribution in [2.24, 2.45) is 0 Å². The Morgan fingerprint density at radius 1 is 0.387 bits per heavy atom. The van der Waals surface area contributed by atoms with Crippen molar-refractivity contribution in [1.29, 1.82) is 0 Å². The quantitative estimate of drug-likeness (QED) is 0.163. The van der Waals surface area contributed by atoms with Gasteiger partial charge < -0.3 is 0 Å². The summed E-state index contributed by atoms with van der Waals surface area (Å²) in [7, 11) is 0. The number of hydrogen-bond donors (Lipinski definition) is 0.